The smallest absolute Gasteiger partial charge is 0.206 e. The SMILES string of the molecule is C=CCOc1ccc(S(=O)(=O)c2ccc(O)cc2)cc1.O=S(=O)(c1ccc(O)cc1)c1ccc(OCc2ccccc2)cc1. The van der Waals surface area contributed by atoms with Gasteiger partial charge in [-0.2, -0.15) is 0 Å². The van der Waals surface area contributed by atoms with E-state index in [0.29, 0.717) is 24.7 Å². The maximum absolute atomic E-state index is 12.5. The fourth-order valence-corrected chi connectivity index (χ4v) is 6.37. The molecule has 0 bridgehead atoms. The zero-order valence-corrected chi connectivity index (χ0v) is 25.1. The summed E-state index contributed by atoms with van der Waals surface area (Å²) in [6.07, 6.45) is 1.61. The predicted molar refractivity (Wildman–Crippen MR) is 166 cm³/mol. The van der Waals surface area contributed by atoms with Gasteiger partial charge in [0, 0.05) is 0 Å². The minimum absolute atomic E-state index is 0.0251. The molecule has 10 heteroatoms. The van der Waals surface area contributed by atoms with Gasteiger partial charge in [-0.3, -0.25) is 0 Å². The van der Waals surface area contributed by atoms with Gasteiger partial charge in [0.1, 0.15) is 36.2 Å². The molecule has 0 amide bonds. The molecule has 226 valence electrons. The summed E-state index contributed by atoms with van der Waals surface area (Å²) >= 11 is 0. The predicted octanol–water partition coefficient (Wildman–Crippen LogP) is 6.59. The first-order valence-corrected chi connectivity index (χ1v) is 16.2. The number of ether oxygens (including phenoxy) is 2. The van der Waals surface area contributed by atoms with Gasteiger partial charge in [0.15, 0.2) is 0 Å². The summed E-state index contributed by atoms with van der Waals surface area (Å²) in [7, 11) is -7.19. The molecule has 0 atom stereocenters. The lowest BCUT2D eigenvalue weighted by Crippen LogP contribution is -2.02. The third kappa shape index (κ3) is 8.27. The number of rotatable bonds is 10. The van der Waals surface area contributed by atoms with Crippen molar-refractivity contribution in [2.75, 3.05) is 6.61 Å². The molecule has 0 fully saturated rings. The Hall–Kier alpha value is -5.06. The van der Waals surface area contributed by atoms with Crippen molar-refractivity contribution in [3.05, 3.63) is 146 Å². The number of hydrogen-bond donors (Lipinski definition) is 2. The minimum Gasteiger partial charge on any atom is -0.508 e. The summed E-state index contributed by atoms with van der Waals surface area (Å²) in [5.41, 5.74) is 1.04. The van der Waals surface area contributed by atoms with Gasteiger partial charge in [0.25, 0.3) is 0 Å². The monoisotopic (exact) mass is 630 g/mol. The first kappa shape index (κ1) is 31.9. The Morgan fingerprint density at radius 2 is 0.886 bits per heavy atom. The summed E-state index contributed by atoms with van der Waals surface area (Å²) in [6, 6.07) is 33.1. The highest BCUT2D eigenvalue weighted by molar-refractivity contribution is 7.91. The molecule has 5 rings (SSSR count). The Bertz CT molecular complexity index is 1870. The van der Waals surface area contributed by atoms with Crippen molar-refractivity contribution >= 4 is 19.7 Å². The summed E-state index contributed by atoms with van der Waals surface area (Å²) in [4.78, 5) is 0.628. The summed E-state index contributed by atoms with van der Waals surface area (Å²) < 4.78 is 60.6. The standard InChI is InChI=1S/C19H16O4S.C15H14O4S/c20-16-6-10-18(11-7-16)24(21,22)19-12-8-17(9-13-19)23-14-15-4-2-1-3-5-15;1-2-11-19-13-5-9-15(10-6-13)20(17,18)14-7-3-12(16)4-8-14/h1-13,20H,14H2;2-10,16H,1,11H2. The van der Waals surface area contributed by atoms with E-state index in [1.165, 1.54) is 72.8 Å². The summed E-state index contributed by atoms with van der Waals surface area (Å²) in [5, 5.41) is 18.5. The normalized spacial score (nSPS) is 11.1. The van der Waals surface area contributed by atoms with Gasteiger partial charge < -0.3 is 19.7 Å². The summed E-state index contributed by atoms with van der Waals surface area (Å²) in [6.45, 7) is 4.32. The van der Waals surface area contributed by atoms with E-state index >= 15 is 0 Å². The fraction of sp³-hybridized carbons (Fsp3) is 0.0588. The molecule has 0 unspecified atom stereocenters. The van der Waals surface area contributed by atoms with Crippen LogP contribution in [0, 0.1) is 0 Å². The van der Waals surface area contributed by atoms with E-state index in [1.54, 1.807) is 30.3 Å². The molecule has 0 spiro atoms. The Kier molecular flexibility index (Phi) is 10.4. The molecule has 5 aromatic carbocycles. The van der Waals surface area contributed by atoms with Crippen LogP contribution in [0.2, 0.25) is 0 Å². The van der Waals surface area contributed by atoms with E-state index in [4.69, 9.17) is 9.47 Å². The van der Waals surface area contributed by atoms with Crippen LogP contribution >= 0.6 is 0 Å². The first-order valence-electron chi connectivity index (χ1n) is 13.3. The largest absolute Gasteiger partial charge is 0.508 e. The highest BCUT2D eigenvalue weighted by atomic mass is 32.2. The average molecular weight is 631 g/mol. The van der Waals surface area contributed by atoms with Crippen LogP contribution in [0.25, 0.3) is 0 Å². The number of phenols is 2. The van der Waals surface area contributed by atoms with Crippen molar-refractivity contribution in [2.45, 2.75) is 26.2 Å². The van der Waals surface area contributed by atoms with Crippen LogP contribution < -0.4 is 9.47 Å². The zero-order chi connectivity index (χ0) is 31.6. The Balaban J connectivity index is 0.000000204. The second-order valence-corrected chi connectivity index (χ2v) is 13.2. The van der Waals surface area contributed by atoms with Crippen molar-refractivity contribution in [2.24, 2.45) is 0 Å². The van der Waals surface area contributed by atoms with Gasteiger partial charge in [-0.05, 0) is 103 Å². The molecular formula is C34H30O8S2. The summed E-state index contributed by atoms with van der Waals surface area (Å²) in [5.74, 6) is 1.23. The molecule has 0 aromatic heterocycles. The molecule has 8 nitrogen and oxygen atoms in total. The molecule has 0 heterocycles. The topological polar surface area (TPSA) is 127 Å². The van der Waals surface area contributed by atoms with Crippen LogP contribution in [0.3, 0.4) is 0 Å². The van der Waals surface area contributed by atoms with Crippen LogP contribution in [0.5, 0.6) is 23.0 Å². The molecule has 44 heavy (non-hydrogen) atoms. The average Bonchev–Trinajstić information content (AvgIpc) is 3.04. The van der Waals surface area contributed by atoms with Gasteiger partial charge in [-0.1, -0.05) is 43.0 Å². The lowest BCUT2D eigenvalue weighted by molar-refractivity contribution is 0.306. The molecular weight excluding hydrogens is 601 g/mol. The van der Waals surface area contributed by atoms with Crippen LogP contribution in [0.15, 0.2) is 160 Å². The molecule has 2 N–H and O–H groups in total. The van der Waals surface area contributed by atoms with Crippen LogP contribution in [-0.4, -0.2) is 33.7 Å². The van der Waals surface area contributed by atoms with E-state index in [-0.39, 0.29) is 31.1 Å². The van der Waals surface area contributed by atoms with E-state index in [9.17, 15) is 27.0 Å². The molecule has 5 aromatic rings. The van der Waals surface area contributed by atoms with E-state index in [0.717, 1.165) is 5.56 Å². The number of sulfone groups is 2. The molecule has 0 saturated heterocycles. The van der Waals surface area contributed by atoms with E-state index < -0.39 is 19.7 Å². The molecule has 0 aliphatic rings. The highest BCUT2D eigenvalue weighted by Crippen LogP contribution is 2.26. The number of benzene rings is 5. The van der Waals surface area contributed by atoms with Crippen molar-refractivity contribution in [3.63, 3.8) is 0 Å². The van der Waals surface area contributed by atoms with Gasteiger partial charge >= 0.3 is 0 Å². The number of hydrogen-bond acceptors (Lipinski definition) is 8. The van der Waals surface area contributed by atoms with Gasteiger partial charge in [0.2, 0.25) is 19.7 Å². The first-order chi connectivity index (χ1) is 21.1. The zero-order valence-electron chi connectivity index (χ0n) is 23.5. The Morgan fingerprint density at radius 3 is 1.27 bits per heavy atom. The minimum atomic E-state index is -3.61. The molecule has 0 radical (unpaired) electrons. The van der Waals surface area contributed by atoms with Gasteiger partial charge in [-0.15, -0.1) is 0 Å². The van der Waals surface area contributed by atoms with Gasteiger partial charge in [-0.25, -0.2) is 16.8 Å². The van der Waals surface area contributed by atoms with E-state index in [2.05, 4.69) is 6.58 Å². The lowest BCUT2D eigenvalue weighted by atomic mass is 10.2. The third-order valence-electron chi connectivity index (χ3n) is 6.18. The van der Waals surface area contributed by atoms with Crippen molar-refractivity contribution in [3.8, 4) is 23.0 Å². The van der Waals surface area contributed by atoms with Crippen molar-refractivity contribution < 1.29 is 36.5 Å². The Morgan fingerprint density at radius 1 is 0.523 bits per heavy atom. The maximum Gasteiger partial charge on any atom is 0.206 e. The molecule has 0 aliphatic carbocycles. The second-order valence-electron chi connectivity index (χ2n) is 9.31. The molecule has 0 saturated carbocycles. The fourth-order valence-electron chi connectivity index (χ4n) is 3.85. The van der Waals surface area contributed by atoms with Crippen molar-refractivity contribution in [1.29, 1.82) is 0 Å². The van der Waals surface area contributed by atoms with Crippen LogP contribution in [0.4, 0.5) is 0 Å². The number of aromatic hydroxyl groups is 2. The van der Waals surface area contributed by atoms with Crippen molar-refractivity contribution in [1.82, 2.24) is 0 Å². The third-order valence-corrected chi connectivity index (χ3v) is 9.75. The highest BCUT2D eigenvalue weighted by Gasteiger charge is 2.18. The maximum atomic E-state index is 12.5. The quantitative estimate of drug-likeness (QED) is 0.165. The second kappa shape index (κ2) is 14.4. The van der Waals surface area contributed by atoms with Crippen LogP contribution in [-0.2, 0) is 26.3 Å². The van der Waals surface area contributed by atoms with E-state index in [1.807, 2.05) is 30.3 Å². The lowest BCUT2D eigenvalue weighted by Gasteiger charge is -2.08. The van der Waals surface area contributed by atoms with Crippen LogP contribution in [0.1, 0.15) is 5.56 Å². The Labute approximate surface area is 257 Å². The molecule has 0 aliphatic heterocycles. The van der Waals surface area contributed by atoms with Gasteiger partial charge in [0.05, 0.1) is 19.6 Å². The number of phenolic OH excluding ortho intramolecular Hbond substituents is 2.